The second-order valence-corrected chi connectivity index (χ2v) is 7.44. The summed E-state index contributed by atoms with van der Waals surface area (Å²) in [7, 11) is 0. The second-order valence-electron chi connectivity index (χ2n) is 7.44. The Morgan fingerprint density at radius 3 is 2.71 bits per heavy atom. The molecule has 1 aliphatic heterocycles. The van der Waals surface area contributed by atoms with Gasteiger partial charge >= 0.3 is 0 Å². The molecule has 0 bridgehead atoms. The topological polar surface area (TPSA) is 75.4 Å². The number of amides is 1. The number of hydrogen-bond acceptors (Lipinski definition) is 5. The number of anilines is 1. The van der Waals surface area contributed by atoms with Gasteiger partial charge in [-0.3, -0.25) is 4.79 Å². The van der Waals surface area contributed by atoms with Crippen LogP contribution in [0.25, 0.3) is 5.65 Å². The lowest BCUT2D eigenvalue weighted by Crippen LogP contribution is -2.52. The molecule has 1 N–H and O–H groups in total. The minimum atomic E-state index is 0.248. The van der Waals surface area contributed by atoms with Crippen LogP contribution in [0.4, 0.5) is 5.82 Å². The maximum Gasteiger partial charge on any atom is 0.223 e. The highest BCUT2D eigenvalue weighted by molar-refractivity contribution is 5.79. The molecule has 0 unspecified atom stereocenters. The molecule has 3 aliphatic rings. The summed E-state index contributed by atoms with van der Waals surface area (Å²) in [6, 6.07) is 4.01. The van der Waals surface area contributed by atoms with Gasteiger partial charge in [0.2, 0.25) is 5.91 Å². The molecule has 2 saturated carbocycles. The number of nitrogens with zero attached hydrogens (tertiary/aromatic N) is 5. The van der Waals surface area contributed by atoms with Gasteiger partial charge in [-0.15, -0.1) is 15.3 Å². The van der Waals surface area contributed by atoms with E-state index in [-0.39, 0.29) is 11.8 Å². The minimum Gasteiger partial charge on any atom is -0.355 e. The van der Waals surface area contributed by atoms with Crippen LogP contribution in [0.2, 0.25) is 0 Å². The molecule has 0 spiro atoms. The Hall–Kier alpha value is -2.18. The van der Waals surface area contributed by atoms with Crippen molar-refractivity contribution in [2.24, 2.45) is 11.8 Å². The first-order chi connectivity index (χ1) is 11.8. The highest BCUT2D eigenvalue weighted by Crippen LogP contribution is 2.39. The van der Waals surface area contributed by atoms with Gasteiger partial charge in [0, 0.05) is 37.4 Å². The van der Waals surface area contributed by atoms with Crippen molar-refractivity contribution in [3.63, 3.8) is 0 Å². The number of carbonyl (C=O) groups is 1. The van der Waals surface area contributed by atoms with E-state index in [1.54, 1.807) is 0 Å². The summed E-state index contributed by atoms with van der Waals surface area (Å²) < 4.78 is 1.90. The lowest BCUT2D eigenvalue weighted by atomic mass is 9.84. The third-order valence-electron chi connectivity index (χ3n) is 5.54. The normalized spacial score (nSPS) is 21.6. The van der Waals surface area contributed by atoms with Crippen LogP contribution < -0.4 is 10.2 Å². The number of carbonyl (C=O) groups excluding carboxylic acids is 1. The van der Waals surface area contributed by atoms with Crippen LogP contribution in [0.3, 0.4) is 0 Å². The fourth-order valence-electron chi connectivity index (χ4n) is 3.51. The molecule has 126 valence electrons. The van der Waals surface area contributed by atoms with Crippen LogP contribution in [-0.2, 0) is 4.79 Å². The van der Waals surface area contributed by atoms with Crippen molar-refractivity contribution in [2.75, 3.05) is 24.5 Å². The Morgan fingerprint density at radius 1 is 1.17 bits per heavy atom. The molecule has 0 radical (unpaired) electrons. The SMILES string of the molecule is O=C(NCC1CN(c2ccc3nnc(C4CC4)n3n2)C1)C1CCC1. The summed E-state index contributed by atoms with van der Waals surface area (Å²) in [5, 5.41) is 16.3. The second kappa shape index (κ2) is 5.43. The number of rotatable bonds is 5. The van der Waals surface area contributed by atoms with Crippen molar-refractivity contribution in [2.45, 2.75) is 38.0 Å². The van der Waals surface area contributed by atoms with Crippen molar-refractivity contribution in [3.05, 3.63) is 18.0 Å². The third-order valence-corrected chi connectivity index (χ3v) is 5.54. The molecule has 0 aromatic carbocycles. The van der Waals surface area contributed by atoms with E-state index >= 15 is 0 Å². The van der Waals surface area contributed by atoms with E-state index in [2.05, 4.69) is 20.4 Å². The van der Waals surface area contributed by atoms with Crippen LogP contribution >= 0.6 is 0 Å². The van der Waals surface area contributed by atoms with Gasteiger partial charge in [0.1, 0.15) is 5.82 Å². The molecular weight excluding hydrogens is 304 g/mol. The zero-order valence-corrected chi connectivity index (χ0v) is 13.7. The lowest BCUT2D eigenvalue weighted by Gasteiger charge is -2.40. The van der Waals surface area contributed by atoms with Gasteiger partial charge in [-0.05, 0) is 37.8 Å². The van der Waals surface area contributed by atoms with Gasteiger partial charge in [-0.25, -0.2) is 0 Å². The molecule has 2 aromatic rings. The summed E-state index contributed by atoms with van der Waals surface area (Å²) in [6.45, 7) is 2.68. The lowest BCUT2D eigenvalue weighted by molar-refractivity contribution is -0.127. The number of aromatic nitrogens is 4. The third kappa shape index (κ3) is 2.42. The van der Waals surface area contributed by atoms with Crippen LogP contribution in [-0.4, -0.2) is 45.4 Å². The number of hydrogen-bond donors (Lipinski definition) is 1. The van der Waals surface area contributed by atoms with E-state index < -0.39 is 0 Å². The monoisotopic (exact) mass is 326 g/mol. The molecule has 2 aromatic heterocycles. The quantitative estimate of drug-likeness (QED) is 0.898. The minimum absolute atomic E-state index is 0.248. The van der Waals surface area contributed by atoms with Crippen molar-refractivity contribution in [1.82, 2.24) is 25.1 Å². The van der Waals surface area contributed by atoms with E-state index in [1.165, 1.54) is 19.3 Å². The van der Waals surface area contributed by atoms with E-state index in [0.717, 1.165) is 49.8 Å². The van der Waals surface area contributed by atoms with Crippen molar-refractivity contribution in [1.29, 1.82) is 0 Å². The van der Waals surface area contributed by atoms with E-state index in [1.807, 2.05) is 16.6 Å². The summed E-state index contributed by atoms with van der Waals surface area (Å²) in [5.74, 6) is 3.56. The smallest absolute Gasteiger partial charge is 0.223 e. The molecule has 3 heterocycles. The maximum absolute atomic E-state index is 11.9. The average molecular weight is 326 g/mol. The summed E-state index contributed by atoms with van der Waals surface area (Å²) in [5.41, 5.74) is 0.825. The molecule has 24 heavy (non-hydrogen) atoms. The van der Waals surface area contributed by atoms with E-state index in [0.29, 0.717) is 11.8 Å². The first kappa shape index (κ1) is 14.2. The zero-order chi connectivity index (χ0) is 16.1. The van der Waals surface area contributed by atoms with Gasteiger partial charge in [-0.1, -0.05) is 6.42 Å². The summed E-state index contributed by atoms with van der Waals surface area (Å²) in [4.78, 5) is 14.2. The van der Waals surface area contributed by atoms with Crippen LogP contribution in [0.15, 0.2) is 12.1 Å². The molecule has 5 rings (SSSR count). The maximum atomic E-state index is 11.9. The van der Waals surface area contributed by atoms with Gasteiger partial charge in [0.15, 0.2) is 11.5 Å². The fraction of sp³-hybridized carbons (Fsp3) is 0.647. The van der Waals surface area contributed by atoms with Gasteiger partial charge in [-0.2, -0.15) is 4.52 Å². The highest BCUT2D eigenvalue weighted by atomic mass is 16.1. The molecule has 2 aliphatic carbocycles. The molecule has 3 fully saturated rings. The predicted octanol–water partition coefficient (Wildman–Crippen LogP) is 1.35. The highest BCUT2D eigenvalue weighted by Gasteiger charge is 2.32. The van der Waals surface area contributed by atoms with E-state index in [4.69, 9.17) is 5.10 Å². The first-order valence-electron chi connectivity index (χ1n) is 9.03. The summed E-state index contributed by atoms with van der Waals surface area (Å²) in [6.07, 6.45) is 5.72. The first-order valence-corrected chi connectivity index (χ1v) is 9.03. The van der Waals surface area contributed by atoms with Gasteiger partial charge < -0.3 is 10.2 Å². The largest absolute Gasteiger partial charge is 0.355 e. The molecule has 7 heteroatoms. The van der Waals surface area contributed by atoms with Crippen LogP contribution in [0.5, 0.6) is 0 Å². The Kier molecular flexibility index (Phi) is 3.21. The molecule has 7 nitrogen and oxygen atoms in total. The van der Waals surface area contributed by atoms with Crippen LogP contribution in [0.1, 0.15) is 43.8 Å². The van der Waals surface area contributed by atoms with Crippen molar-refractivity contribution < 1.29 is 4.79 Å². The number of nitrogens with one attached hydrogen (secondary N) is 1. The predicted molar refractivity (Wildman–Crippen MR) is 88.8 cm³/mol. The van der Waals surface area contributed by atoms with Crippen molar-refractivity contribution >= 4 is 17.4 Å². The fourth-order valence-corrected chi connectivity index (χ4v) is 3.51. The molecular formula is C17H22N6O. The standard InChI is InChI=1S/C17H22N6O/c24-17(13-2-1-3-13)18-8-11-9-22(10-11)15-7-6-14-19-20-16(12-4-5-12)23(14)21-15/h6-7,11-13H,1-5,8-10H2,(H,18,24). The van der Waals surface area contributed by atoms with Crippen LogP contribution in [0, 0.1) is 11.8 Å². The Morgan fingerprint density at radius 2 is 2.00 bits per heavy atom. The number of fused-ring (bicyclic) bond motifs is 1. The Bertz CT molecular complexity index is 772. The molecule has 1 amide bonds. The summed E-state index contributed by atoms with van der Waals surface area (Å²) >= 11 is 0. The van der Waals surface area contributed by atoms with Gasteiger partial charge in [0.25, 0.3) is 0 Å². The Balaban J connectivity index is 1.20. The Labute approximate surface area is 140 Å². The van der Waals surface area contributed by atoms with Crippen molar-refractivity contribution in [3.8, 4) is 0 Å². The zero-order valence-electron chi connectivity index (χ0n) is 13.7. The average Bonchev–Trinajstić information content (AvgIpc) is 3.23. The van der Waals surface area contributed by atoms with Gasteiger partial charge in [0.05, 0.1) is 0 Å². The molecule has 0 atom stereocenters. The molecule has 1 saturated heterocycles. The van der Waals surface area contributed by atoms with E-state index in [9.17, 15) is 4.79 Å².